The molecule has 152 valence electrons. The van der Waals surface area contributed by atoms with E-state index in [1.165, 1.54) is 31.0 Å². The average Bonchev–Trinajstić information content (AvgIpc) is 3.02. The van der Waals surface area contributed by atoms with Gasteiger partial charge >= 0.3 is 0 Å². The van der Waals surface area contributed by atoms with Crippen LogP contribution in [-0.4, -0.2) is 32.5 Å². The molecule has 1 aromatic carbocycles. The highest BCUT2D eigenvalue weighted by atomic mass is 32.2. The van der Waals surface area contributed by atoms with E-state index in [1.807, 2.05) is 31.5 Å². The van der Waals surface area contributed by atoms with Gasteiger partial charge in [0.1, 0.15) is 12.4 Å². The van der Waals surface area contributed by atoms with E-state index in [2.05, 4.69) is 34.6 Å². The zero-order chi connectivity index (χ0) is 20.1. The second-order valence-corrected chi connectivity index (χ2v) is 8.68. The van der Waals surface area contributed by atoms with Gasteiger partial charge in [-0.05, 0) is 49.8 Å². The number of amides is 1. The summed E-state index contributed by atoms with van der Waals surface area (Å²) < 4.78 is 7.82. The molecule has 1 heterocycles. The van der Waals surface area contributed by atoms with Gasteiger partial charge in [0.25, 0.3) is 0 Å². The lowest BCUT2D eigenvalue weighted by Gasteiger charge is -2.29. The molecule has 0 radical (unpaired) electrons. The molecule has 3 rings (SSSR count). The number of nitrogens with one attached hydrogen (secondary N) is 1. The summed E-state index contributed by atoms with van der Waals surface area (Å²) in [5, 5.41) is 12.4. The predicted octanol–water partition coefficient (Wildman–Crippen LogP) is 3.80. The first kappa shape index (κ1) is 20.7. The lowest BCUT2D eigenvalue weighted by atomic mass is 9.86. The van der Waals surface area contributed by atoms with Gasteiger partial charge in [0.2, 0.25) is 5.91 Å². The molecule has 28 heavy (non-hydrogen) atoms. The lowest BCUT2D eigenvalue weighted by Crippen LogP contribution is -2.41. The molecule has 1 saturated carbocycles. The minimum Gasteiger partial charge on any atom is -0.485 e. The van der Waals surface area contributed by atoms with Crippen LogP contribution < -0.4 is 10.1 Å². The zero-order valence-electron chi connectivity index (χ0n) is 17.2. The van der Waals surface area contributed by atoms with Crippen molar-refractivity contribution in [2.24, 2.45) is 13.0 Å². The molecular formula is C21H30N4O2S. The summed E-state index contributed by atoms with van der Waals surface area (Å²) in [6.07, 6.45) is 4.76. The first-order chi connectivity index (χ1) is 13.4. The summed E-state index contributed by atoms with van der Waals surface area (Å²) in [6.45, 7) is 6.64. The summed E-state index contributed by atoms with van der Waals surface area (Å²) in [5.74, 6) is 2.58. The van der Waals surface area contributed by atoms with Gasteiger partial charge in [-0.3, -0.25) is 4.79 Å². The normalized spacial score (nSPS) is 19.4. The smallest absolute Gasteiger partial charge is 0.230 e. The fourth-order valence-electron chi connectivity index (χ4n) is 3.51. The van der Waals surface area contributed by atoms with Crippen LogP contribution in [0.2, 0.25) is 0 Å². The molecule has 0 bridgehead atoms. The number of ether oxygens (including phenoxy) is 1. The number of aryl methyl sites for hydroxylation is 2. The van der Waals surface area contributed by atoms with E-state index < -0.39 is 0 Å². The van der Waals surface area contributed by atoms with Gasteiger partial charge in [-0.1, -0.05) is 43.7 Å². The fraction of sp³-hybridized carbons (Fsp3) is 0.571. The molecule has 6 nitrogen and oxygen atoms in total. The van der Waals surface area contributed by atoms with Gasteiger partial charge in [0, 0.05) is 13.1 Å². The van der Waals surface area contributed by atoms with Gasteiger partial charge in [0.15, 0.2) is 11.0 Å². The summed E-state index contributed by atoms with van der Waals surface area (Å²) in [6, 6.07) is 6.45. The van der Waals surface area contributed by atoms with E-state index in [-0.39, 0.29) is 5.91 Å². The van der Waals surface area contributed by atoms with Crippen LogP contribution in [-0.2, 0) is 18.4 Å². The van der Waals surface area contributed by atoms with Crippen molar-refractivity contribution in [3.05, 3.63) is 35.2 Å². The Morgan fingerprint density at radius 1 is 1.29 bits per heavy atom. The number of aromatic nitrogens is 3. The SMILES string of the molecule is Cc1ccc(C)c(OCc2nnc(SCC(=O)N[C@@H]3CCCC[C@@H]3C)n2C)c1. The Bertz CT molecular complexity index is 821. The summed E-state index contributed by atoms with van der Waals surface area (Å²) >= 11 is 1.41. The number of benzene rings is 1. The van der Waals surface area contributed by atoms with Gasteiger partial charge in [0.05, 0.1) is 5.75 Å². The topological polar surface area (TPSA) is 69.0 Å². The molecule has 1 amide bonds. The Hall–Kier alpha value is -2.02. The van der Waals surface area contributed by atoms with Crippen molar-refractivity contribution in [1.29, 1.82) is 0 Å². The van der Waals surface area contributed by atoms with Gasteiger partial charge in [-0.25, -0.2) is 0 Å². The number of hydrogen-bond acceptors (Lipinski definition) is 5. The molecule has 7 heteroatoms. The number of carbonyl (C=O) groups is 1. The average molecular weight is 403 g/mol. The maximum Gasteiger partial charge on any atom is 0.230 e. The van der Waals surface area contributed by atoms with Crippen LogP contribution in [0.3, 0.4) is 0 Å². The van der Waals surface area contributed by atoms with E-state index in [0.717, 1.165) is 34.3 Å². The molecule has 1 N–H and O–H groups in total. The van der Waals surface area contributed by atoms with Crippen molar-refractivity contribution in [2.45, 2.75) is 64.3 Å². The Balaban J connectivity index is 1.51. The number of rotatable bonds is 7. The highest BCUT2D eigenvalue weighted by molar-refractivity contribution is 7.99. The van der Waals surface area contributed by atoms with Crippen LogP contribution in [0.5, 0.6) is 5.75 Å². The second-order valence-electron chi connectivity index (χ2n) is 7.74. The van der Waals surface area contributed by atoms with E-state index in [0.29, 0.717) is 24.3 Å². The molecule has 1 aromatic heterocycles. The molecule has 1 fully saturated rings. The van der Waals surface area contributed by atoms with Crippen LogP contribution in [0.15, 0.2) is 23.4 Å². The van der Waals surface area contributed by atoms with Gasteiger partial charge < -0.3 is 14.6 Å². The maximum absolute atomic E-state index is 12.3. The standard InChI is InChI=1S/C21H30N4O2S/c1-14-9-10-16(3)18(11-14)27-12-19-23-24-21(25(19)4)28-13-20(26)22-17-8-6-5-7-15(17)2/h9-11,15,17H,5-8,12-13H2,1-4H3,(H,22,26)/t15-,17+/m0/s1. The highest BCUT2D eigenvalue weighted by Gasteiger charge is 2.23. The highest BCUT2D eigenvalue weighted by Crippen LogP contribution is 2.24. The van der Waals surface area contributed by atoms with Crippen LogP contribution in [0.25, 0.3) is 0 Å². The molecular weight excluding hydrogens is 372 g/mol. The van der Waals surface area contributed by atoms with E-state index >= 15 is 0 Å². The van der Waals surface area contributed by atoms with Crippen molar-refractivity contribution in [2.75, 3.05) is 5.75 Å². The summed E-state index contributed by atoms with van der Waals surface area (Å²) in [4.78, 5) is 12.3. The number of carbonyl (C=O) groups excluding carboxylic acids is 1. The van der Waals surface area contributed by atoms with Crippen molar-refractivity contribution in [1.82, 2.24) is 20.1 Å². The third-order valence-electron chi connectivity index (χ3n) is 5.42. The second kappa shape index (κ2) is 9.45. The molecule has 2 aromatic rings. The Morgan fingerprint density at radius 2 is 2.07 bits per heavy atom. The molecule has 2 atom stereocenters. The first-order valence-electron chi connectivity index (χ1n) is 9.94. The van der Waals surface area contributed by atoms with E-state index in [1.54, 1.807) is 0 Å². The third-order valence-corrected chi connectivity index (χ3v) is 6.44. The van der Waals surface area contributed by atoms with E-state index in [4.69, 9.17) is 4.74 Å². The number of nitrogens with zero attached hydrogens (tertiary/aromatic N) is 3. The molecule has 0 aliphatic heterocycles. The largest absolute Gasteiger partial charge is 0.485 e. The van der Waals surface area contributed by atoms with Crippen LogP contribution >= 0.6 is 11.8 Å². The summed E-state index contributed by atoms with van der Waals surface area (Å²) in [5.41, 5.74) is 2.25. The Labute approximate surface area is 171 Å². The van der Waals surface area contributed by atoms with Crippen LogP contribution in [0, 0.1) is 19.8 Å². The van der Waals surface area contributed by atoms with Crippen LogP contribution in [0.1, 0.15) is 49.6 Å². The summed E-state index contributed by atoms with van der Waals surface area (Å²) in [7, 11) is 1.91. The minimum absolute atomic E-state index is 0.0694. The number of hydrogen-bond donors (Lipinski definition) is 1. The van der Waals surface area contributed by atoms with Gasteiger partial charge in [-0.2, -0.15) is 0 Å². The third kappa shape index (κ3) is 5.28. The molecule has 1 aliphatic carbocycles. The quantitative estimate of drug-likeness (QED) is 0.714. The van der Waals surface area contributed by atoms with Gasteiger partial charge in [-0.15, -0.1) is 10.2 Å². The molecule has 0 unspecified atom stereocenters. The molecule has 1 aliphatic rings. The van der Waals surface area contributed by atoms with Crippen molar-refractivity contribution in [3.8, 4) is 5.75 Å². The molecule has 0 saturated heterocycles. The van der Waals surface area contributed by atoms with Crippen molar-refractivity contribution >= 4 is 17.7 Å². The molecule has 0 spiro atoms. The fourth-order valence-corrected chi connectivity index (χ4v) is 4.25. The maximum atomic E-state index is 12.3. The predicted molar refractivity (Wildman–Crippen MR) is 112 cm³/mol. The number of thioether (sulfide) groups is 1. The monoisotopic (exact) mass is 402 g/mol. The minimum atomic E-state index is 0.0694. The van der Waals surface area contributed by atoms with Crippen molar-refractivity contribution < 1.29 is 9.53 Å². The van der Waals surface area contributed by atoms with Crippen molar-refractivity contribution in [3.63, 3.8) is 0 Å². The first-order valence-corrected chi connectivity index (χ1v) is 10.9. The Kier molecular flexibility index (Phi) is 6.99. The zero-order valence-corrected chi connectivity index (χ0v) is 18.0. The Morgan fingerprint density at radius 3 is 2.86 bits per heavy atom. The lowest BCUT2D eigenvalue weighted by molar-refractivity contribution is -0.119. The van der Waals surface area contributed by atoms with E-state index in [9.17, 15) is 4.79 Å². The van der Waals surface area contributed by atoms with Crippen LogP contribution in [0.4, 0.5) is 0 Å².